The molecule has 0 bridgehead atoms. The zero-order valence-corrected chi connectivity index (χ0v) is 13.1. The van der Waals surface area contributed by atoms with E-state index in [0.29, 0.717) is 28.6 Å². The summed E-state index contributed by atoms with van der Waals surface area (Å²) in [4.78, 5) is 0. The maximum Gasteiger partial charge on any atom is 0.143 e. The molecule has 0 amide bonds. The predicted octanol–water partition coefficient (Wildman–Crippen LogP) is 5.31. The Morgan fingerprint density at radius 2 is 1.74 bits per heavy atom. The molecule has 3 aromatic carbocycles. The highest BCUT2D eigenvalue weighted by Gasteiger charge is 2.09. The molecule has 23 heavy (non-hydrogen) atoms. The number of nitrogens with two attached hydrogens (primary N) is 1. The van der Waals surface area contributed by atoms with Crippen molar-refractivity contribution >= 4 is 17.3 Å². The van der Waals surface area contributed by atoms with Crippen LogP contribution in [0.4, 0.5) is 10.1 Å². The number of benzene rings is 3. The minimum Gasteiger partial charge on any atom is -0.487 e. The molecule has 0 fully saturated rings. The van der Waals surface area contributed by atoms with E-state index in [0.717, 1.165) is 11.1 Å². The Balaban J connectivity index is 1.88. The van der Waals surface area contributed by atoms with Crippen molar-refractivity contribution in [1.29, 1.82) is 0 Å². The Hall–Kier alpha value is -2.52. The third-order valence-electron chi connectivity index (χ3n) is 3.49. The van der Waals surface area contributed by atoms with Crippen LogP contribution in [-0.2, 0) is 6.61 Å². The first-order chi connectivity index (χ1) is 11.1. The highest BCUT2D eigenvalue weighted by Crippen LogP contribution is 2.33. The van der Waals surface area contributed by atoms with Crippen LogP contribution in [0.2, 0.25) is 5.02 Å². The van der Waals surface area contributed by atoms with Gasteiger partial charge in [0.2, 0.25) is 0 Å². The minimum atomic E-state index is -0.340. The number of anilines is 1. The second-order valence-corrected chi connectivity index (χ2v) is 5.56. The zero-order valence-electron chi connectivity index (χ0n) is 12.3. The molecule has 0 aliphatic heterocycles. The monoisotopic (exact) mass is 327 g/mol. The van der Waals surface area contributed by atoms with E-state index in [1.165, 1.54) is 18.2 Å². The van der Waals surface area contributed by atoms with E-state index < -0.39 is 0 Å². The second-order valence-electron chi connectivity index (χ2n) is 5.15. The number of hydrogen-bond donors (Lipinski definition) is 1. The molecule has 0 aliphatic rings. The number of ether oxygens (including phenoxy) is 1. The van der Waals surface area contributed by atoms with Crippen molar-refractivity contribution in [2.75, 3.05) is 5.73 Å². The summed E-state index contributed by atoms with van der Waals surface area (Å²) in [5, 5.41) is 0.477. The zero-order chi connectivity index (χ0) is 16.2. The van der Waals surface area contributed by atoms with Gasteiger partial charge in [0.25, 0.3) is 0 Å². The predicted molar refractivity (Wildman–Crippen MR) is 92.0 cm³/mol. The molecule has 0 saturated carbocycles. The van der Waals surface area contributed by atoms with Gasteiger partial charge < -0.3 is 10.5 Å². The largest absolute Gasteiger partial charge is 0.487 e. The van der Waals surface area contributed by atoms with Gasteiger partial charge >= 0.3 is 0 Å². The van der Waals surface area contributed by atoms with Crippen molar-refractivity contribution in [3.63, 3.8) is 0 Å². The Bertz CT molecular complexity index is 821. The number of nitrogen functional groups attached to an aromatic ring is 1. The van der Waals surface area contributed by atoms with Gasteiger partial charge in [0, 0.05) is 10.6 Å². The van der Waals surface area contributed by atoms with Crippen molar-refractivity contribution in [1.82, 2.24) is 0 Å². The first-order valence-electron chi connectivity index (χ1n) is 7.15. The summed E-state index contributed by atoms with van der Waals surface area (Å²) in [6.07, 6.45) is 0. The lowest BCUT2D eigenvalue weighted by atomic mass is 10.0. The maximum atomic E-state index is 13.5. The van der Waals surface area contributed by atoms with Gasteiger partial charge in [-0.25, -0.2) is 4.39 Å². The molecule has 2 nitrogen and oxygen atoms in total. The maximum absolute atomic E-state index is 13.5. The number of halogens is 2. The van der Waals surface area contributed by atoms with E-state index in [9.17, 15) is 4.39 Å². The van der Waals surface area contributed by atoms with Crippen molar-refractivity contribution in [3.8, 4) is 16.9 Å². The van der Waals surface area contributed by atoms with Crippen LogP contribution in [0.15, 0.2) is 66.7 Å². The molecule has 0 saturated heterocycles. The quantitative estimate of drug-likeness (QED) is 0.659. The molecule has 0 radical (unpaired) electrons. The topological polar surface area (TPSA) is 35.2 Å². The van der Waals surface area contributed by atoms with Crippen molar-refractivity contribution in [2.24, 2.45) is 0 Å². The molecule has 0 heterocycles. The Kier molecular flexibility index (Phi) is 4.49. The molecule has 3 aromatic rings. The Morgan fingerprint density at radius 3 is 2.52 bits per heavy atom. The lowest BCUT2D eigenvalue weighted by molar-refractivity contribution is 0.308. The van der Waals surface area contributed by atoms with Gasteiger partial charge in [-0.05, 0) is 41.5 Å². The summed E-state index contributed by atoms with van der Waals surface area (Å²) in [6, 6.07) is 19.4. The average Bonchev–Trinajstić information content (AvgIpc) is 2.57. The van der Waals surface area contributed by atoms with Crippen LogP contribution in [0.25, 0.3) is 11.1 Å². The smallest absolute Gasteiger partial charge is 0.143 e. The van der Waals surface area contributed by atoms with Gasteiger partial charge in [0.15, 0.2) is 0 Å². The SMILES string of the molecule is Nc1ccc(-c2cc(F)ccc2Cl)cc1OCc1ccccc1. The molecular weight excluding hydrogens is 313 g/mol. The van der Waals surface area contributed by atoms with E-state index >= 15 is 0 Å². The van der Waals surface area contributed by atoms with Crippen molar-refractivity contribution in [3.05, 3.63) is 83.1 Å². The summed E-state index contributed by atoms with van der Waals surface area (Å²) in [5.74, 6) is 0.208. The van der Waals surface area contributed by atoms with Gasteiger partial charge in [-0.15, -0.1) is 0 Å². The van der Waals surface area contributed by atoms with E-state index in [4.69, 9.17) is 22.1 Å². The van der Waals surface area contributed by atoms with Crippen LogP contribution in [0.1, 0.15) is 5.56 Å². The third-order valence-corrected chi connectivity index (χ3v) is 3.82. The summed E-state index contributed by atoms with van der Waals surface area (Å²) >= 11 is 6.16. The molecule has 0 aromatic heterocycles. The van der Waals surface area contributed by atoms with Crippen LogP contribution >= 0.6 is 11.6 Å². The van der Waals surface area contributed by atoms with Crippen molar-refractivity contribution < 1.29 is 9.13 Å². The van der Waals surface area contributed by atoms with E-state index in [1.54, 1.807) is 18.2 Å². The summed E-state index contributed by atoms with van der Waals surface area (Å²) < 4.78 is 19.3. The number of rotatable bonds is 4. The second kappa shape index (κ2) is 6.71. The molecule has 4 heteroatoms. The molecule has 0 spiro atoms. The molecule has 116 valence electrons. The summed E-state index contributed by atoms with van der Waals surface area (Å²) in [5.41, 5.74) is 8.90. The van der Waals surface area contributed by atoms with Gasteiger partial charge in [-0.3, -0.25) is 0 Å². The fourth-order valence-corrected chi connectivity index (χ4v) is 2.51. The third kappa shape index (κ3) is 3.63. The average molecular weight is 328 g/mol. The highest BCUT2D eigenvalue weighted by atomic mass is 35.5. The molecular formula is C19H15ClFNO. The fourth-order valence-electron chi connectivity index (χ4n) is 2.28. The lowest BCUT2D eigenvalue weighted by Gasteiger charge is -2.12. The van der Waals surface area contributed by atoms with Gasteiger partial charge in [0.05, 0.1) is 5.69 Å². The summed E-state index contributed by atoms with van der Waals surface area (Å²) in [6.45, 7) is 0.408. The van der Waals surface area contributed by atoms with Gasteiger partial charge in [-0.2, -0.15) is 0 Å². The van der Waals surface area contributed by atoms with Crippen LogP contribution in [0.5, 0.6) is 5.75 Å². The molecule has 0 aliphatic carbocycles. The van der Waals surface area contributed by atoms with E-state index in [2.05, 4.69) is 0 Å². The molecule has 0 unspecified atom stereocenters. The van der Waals surface area contributed by atoms with Gasteiger partial charge in [0.1, 0.15) is 18.2 Å². The molecule has 0 atom stereocenters. The standard InChI is InChI=1S/C19H15ClFNO/c20-17-8-7-15(21)11-16(17)14-6-9-18(22)19(10-14)23-12-13-4-2-1-3-5-13/h1-11H,12,22H2. The normalized spacial score (nSPS) is 10.5. The number of hydrogen-bond acceptors (Lipinski definition) is 2. The highest BCUT2D eigenvalue weighted by molar-refractivity contribution is 6.33. The first kappa shape index (κ1) is 15.4. The lowest BCUT2D eigenvalue weighted by Crippen LogP contribution is -1.99. The Morgan fingerprint density at radius 1 is 0.957 bits per heavy atom. The van der Waals surface area contributed by atoms with Gasteiger partial charge in [-0.1, -0.05) is 48.0 Å². The summed E-state index contributed by atoms with van der Waals surface area (Å²) in [7, 11) is 0. The van der Waals surface area contributed by atoms with E-state index in [-0.39, 0.29) is 5.82 Å². The molecule has 2 N–H and O–H groups in total. The van der Waals surface area contributed by atoms with Crippen molar-refractivity contribution in [2.45, 2.75) is 6.61 Å². The first-order valence-corrected chi connectivity index (χ1v) is 7.53. The van der Waals surface area contributed by atoms with Crippen LogP contribution in [0, 0.1) is 5.82 Å². The van der Waals surface area contributed by atoms with Crippen LogP contribution < -0.4 is 10.5 Å². The molecule has 3 rings (SSSR count). The Labute approximate surface area is 139 Å². The minimum absolute atomic E-state index is 0.340. The van der Waals surface area contributed by atoms with Crippen LogP contribution in [0.3, 0.4) is 0 Å². The van der Waals surface area contributed by atoms with E-state index in [1.807, 2.05) is 30.3 Å². The fraction of sp³-hybridized carbons (Fsp3) is 0.0526. The van der Waals surface area contributed by atoms with Crippen LogP contribution in [-0.4, -0.2) is 0 Å².